The first kappa shape index (κ1) is 17.2. The molecule has 23 heavy (non-hydrogen) atoms. The van der Waals surface area contributed by atoms with Gasteiger partial charge in [-0.15, -0.1) is 0 Å². The van der Waals surface area contributed by atoms with Crippen LogP contribution in [0.4, 0.5) is 14.6 Å². The molecule has 1 aromatic heterocycles. The third-order valence-electron chi connectivity index (χ3n) is 3.18. The van der Waals surface area contributed by atoms with Crippen molar-refractivity contribution < 1.29 is 18.3 Å². The highest BCUT2D eigenvalue weighted by molar-refractivity contribution is 6.33. The number of alkyl halides is 2. The van der Waals surface area contributed by atoms with Crippen molar-refractivity contribution in [1.82, 2.24) is 9.97 Å². The summed E-state index contributed by atoms with van der Waals surface area (Å²) in [5.41, 5.74) is 0.518. The fourth-order valence-corrected chi connectivity index (χ4v) is 2.27. The van der Waals surface area contributed by atoms with E-state index in [0.29, 0.717) is 24.5 Å². The molecule has 0 aliphatic heterocycles. The Kier molecular flexibility index (Phi) is 5.92. The Labute approximate surface area is 137 Å². The molecule has 0 amide bonds. The van der Waals surface area contributed by atoms with E-state index >= 15 is 0 Å². The van der Waals surface area contributed by atoms with E-state index < -0.39 is 12.1 Å². The standard InChI is InChI=1S/C15H16ClF2N3O2/c1-22-10-4-3-9(7-11(10)23-2)5-6-19-15-12(16)13(14(17)18)20-8-21-15/h3-4,7-8,14H,5-6H2,1-2H3,(H,19,20,21). The van der Waals surface area contributed by atoms with E-state index in [1.54, 1.807) is 20.3 Å². The van der Waals surface area contributed by atoms with E-state index in [0.717, 1.165) is 11.9 Å². The minimum atomic E-state index is -2.74. The van der Waals surface area contributed by atoms with Crippen molar-refractivity contribution in [2.75, 3.05) is 26.1 Å². The molecule has 2 aromatic rings. The van der Waals surface area contributed by atoms with Gasteiger partial charge in [0, 0.05) is 6.54 Å². The van der Waals surface area contributed by atoms with Gasteiger partial charge in [-0.3, -0.25) is 0 Å². The molecule has 1 aromatic carbocycles. The number of aromatic nitrogens is 2. The van der Waals surface area contributed by atoms with Crippen LogP contribution in [-0.4, -0.2) is 30.7 Å². The molecule has 0 saturated carbocycles. The van der Waals surface area contributed by atoms with Crippen molar-refractivity contribution >= 4 is 17.4 Å². The Morgan fingerprint density at radius 2 is 1.91 bits per heavy atom. The fraction of sp³-hybridized carbons (Fsp3) is 0.333. The molecule has 0 spiro atoms. The zero-order valence-electron chi connectivity index (χ0n) is 12.6. The maximum Gasteiger partial charge on any atom is 0.282 e. The van der Waals surface area contributed by atoms with Crippen LogP contribution in [0.3, 0.4) is 0 Å². The summed E-state index contributed by atoms with van der Waals surface area (Å²) in [5, 5.41) is 2.78. The number of benzene rings is 1. The lowest BCUT2D eigenvalue weighted by atomic mass is 10.1. The summed E-state index contributed by atoms with van der Waals surface area (Å²) in [6.07, 6.45) is -1.05. The Morgan fingerprint density at radius 3 is 2.57 bits per heavy atom. The van der Waals surface area contributed by atoms with Crippen LogP contribution in [0.25, 0.3) is 0 Å². The molecule has 5 nitrogen and oxygen atoms in total. The third kappa shape index (κ3) is 4.19. The summed E-state index contributed by atoms with van der Waals surface area (Å²) in [6.45, 7) is 0.467. The Hall–Kier alpha value is -2.15. The minimum absolute atomic E-state index is 0.158. The van der Waals surface area contributed by atoms with Gasteiger partial charge in [-0.1, -0.05) is 17.7 Å². The van der Waals surface area contributed by atoms with Gasteiger partial charge < -0.3 is 14.8 Å². The molecule has 0 aliphatic carbocycles. The summed E-state index contributed by atoms with van der Waals surface area (Å²) < 4.78 is 35.8. The smallest absolute Gasteiger partial charge is 0.282 e. The third-order valence-corrected chi connectivity index (χ3v) is 3.55. The Morgan fingerprint density at radius 1 is 1.17 bits per heavy atom. The van der Waals surface area contributed by atoms with Crippen molar-refractivity contribution in [2.45, 2.75) is 12.8 Å². The summed E-state index contributed by atoms with van der Waals surface area (Å²) in [4.78, 5) is 7.36. The first-order valence-electron chi connectivity index (χ1n) is 6.80. The quantitative estimate of drug-likeness (QED) is 0.830. The van der Waals surface area contributed by atoms with Crippen molar-refractivity contribution in [1.29, 1.82) is 0 Å². The lowest BCUT2D eigenvalue weighted by Crippen LogP contribution is -2.08. The monoisotopic (exact) mass is 343 g/mol. The molecule has 0 unspecified atom stereocenters. The minimum Gasteiger partial charge on any atom is -0.493 e. The number of ether oxygens (including phenoxy) is 2. The van der Waals surface area contributed by atoms with Crippen LogP contribution in [0, 0.1) is 0 Å². The average molecular weight is 344 g/mol. The van der Waals surface area contributed by atoms with E-state index in [4.69, 9.17) is 21.1 Å². The molecule has 8 heteroatoms. The summed E-state index contributed by atoms with van der Waals surface area (Å²) in [7, 11) is 3.13. The van der Waals surface area contributed by atoms with Gasteiger partial charge in [-0.25, -0.2) is 18.7 Å². The molecule has 0 bridgehead atoms. The van der Waals surface area contributed by atoms with Crippen LogP contribution in [0.15, 0.2) is 24.5 Å². The number of nitrogens with zero attached hydrogens (tertiary/aromatic N) is 2. The summed E-state index contributed by atoms with van der Waals surface area (Å²) >= 11 is 5.87. The Balaban J connectivity index is 2.02. The maximum atomic E-state index is 12.7. The molecule has 1 N–H and O–H groups in total. The molecule has 124 valence electrons. The number of halogens is 3. The number of methoxy groups -OCH3 is 2. The fourth-order valence-electron chi connectivity index (χ4n) is 2.02. The van der Waals surface area contributed by atoms with Crippen LogP contribution in [0.5, 0.6) is 11.5 Å². The summed E-state index contributed by atoms with van der Waals surface area (Å²) in [5.74, 6) is 1.46. The highest BCUT2D eigenvalue weighted by Gasteiger charge is 2.17. The van der Waals surface area contributed by atoms with Crippen molar-refractivity contribution in [3.8, 4) is 11.5 Å². The van der Waals surface area contributed by atoms with Crippen LogP contribution >= 0.6 is 11.6 Å². The van der Waals surface area contributed by atoms with Gasteiger partial charge in [0.15, 0.2) is 11.5 Å². The predicted molar refractivity (Wildman–Crippen MR) is 83.7 cm³/mol. The molecule has 0 fully saturated rings. The molecule has 0 aliphatic rings. The maximum absolute atomic E-state index is 12.7. The van der Waals surface area contributed by atoms with Gasteiger partial charge in [-0.2, -0.15) is 0 Å². The second kappa shape index (κ2) is 7.92. The molecule has 1 heterocycles. The van der Waals surface area contributed by atoms with Gasteiger partial charge in [0.2, 0.25) is 0 Å². The van der Waals surface area contributed by atoms with Gasteiger partial charge in [0.1, 0.15) is 22.9 Å². The van der Waals surface area contributed by atoms with Crippen molar-refractivity contribution in [3.63, 3.8) is 0 Å². The average Bonchev–Trinajstić information content (AvgIpc) is 2.56. The van der Waals surface area contributed by atoms with Crippen molar-refractivity contribution in [2.24, 2.45) is 0 Å². The highest BCUT2D eigenvalue weighted by Crippen LogP contribution is 2.30. The highest BCUT2D eigenvalue weighted by atomic mass is 35.5. The van der Waals surface area contributed by atoms with Gasteiger partial charge in [0.25, 0.3) is 6.43 Å². The van der Waals surface area contributed by atoms with E-state index in [-0.39, 0.29) is 10.8 Å². The van der Waals surface area contributed by atoms with Gasteiger partial charge >= 0.3 is 0 Å². The summed E-state index contributed by atoms with van der Waals surface area (Å²) in [6, 6.07) is 5.56. The van der Waals surface area contributed by atoms with E-state index in [2.05, 4.69) is 15.3 Å². The number of rotatable bonds is 7. The van der Waals surface area contributed by atoms with Gasteiger partial charge in [-0.05, 0) is 24.1 Å². The zero-order chi connectivity index (χ0) is 16.8. The molecule has 0 atom stereocenters. The normalized spacial score (nSPS) is 10.7. The lowest BCUT2D eigenvalue weighted by molar-refractivity contribution is 0.146. The van der Waals surface area contributed by atoms with Crippen LogP contribution in [0.1, 0.15) is 17.7 Å². The molecule has 2 rings (SSSR count). The van der Waals surface area contributed by atoms with Gasteiger partial charge in [0.05, 0.1) is 14.2 Å². The number of hydrogen-bond acceptors (Lipinski definition) is 5. The second-order valence-corrected chi connectivity index (χ2v) is 4.97. The molecule has 0 saturated heterocycles. The number of anilines is 1. The topological polar surface area (TPSA) is 56.3 Å². The second-order valence-electron chi connectivity index (χ2n) is 4.59. The van der Waals surface area contributed by atoms with E-state index in [1.165, 1.54) is 0 Å². The zero-order valence-corrected chi connectivity index (χ0v) is 13.4. The number of hydrogen-bond donors (Lipinski definition) is 1. The largest absolute Gasteiger partial charge is 0.493 e. The molecule has 0 radical (unpaired) electrons. The first-order valence-corrected chi connectivity index (χ1v) is 7.18. The van der Waals surface area contributed by atoms with Crippen molar-refractivity contribution in [3.05, 3.63) is 40.8 Å². The lowest BCUT2D eigenvalue weighted by Gasteiger charge is -2.11. The van der Waals surface area contributed by atoms with Crippen LogP contribution in [0.2, 0.25) is 5.02 Å². The van der Waals surface area contributed by atoms with E-state index in [1.807, 2.05) is 12.1 Å². The number of nitrogens with one attached hydrogen (secondary N) is 1. The van der Waals surface area contributed by atoms with Crippen LogP contribution < -0.4 is 14.8 Å². The van der Waals surface area contributed by atoms with E-state index in [9.17, 15) is 8.78 Å². The first-order chi connectivity index (χ1) is 11.1. The Bertz CT molecular complexity index is 671. The molecular formula is C15H16ClF2N3O2. The molecular weight excluding hydrogens is 328 g/mol. The SMILES string of the molecule is COc1ccc(CCNc2ncnc(C(F)F)c2Cl)cc1OC. The van der Waals surface area contributed by atoms with Crippen LogP contribution in [-0.2, 0) is 6.42 Å². The predicted octanol–water partition coefficient (Wildman–Crippen LogP) is 3.74.